The summed E-state index contributed by atoms with van der Waals surface area (Å²) in [4.78, 5) is 40.8. The van der Waals surface area contributed by atoms with E-state index in [2.05, 4.69) is 27.7 Å². The quantitative estimate of drug-likeness (QED) is 0.0378. The van der Waals surface area contributed by atoms with Gasteiger partial charge < -0.3 is 128 Å². The maximum atomic E-state index is 10.2. The van der Waals surface area contributed by atoms with Crippen LogP contribution in [0.5, 0.6) is 0 Å². The molecule has 602 valence electrons. The van der Waals surface area contributed by atoms with E-state index >= 15 is 0 Å². The van der Waals surface area contributed by atoms with Crippen LogP contribution < -0.4 is 0 Å². The van der Waals surface area contributed by atoms with Crippen LogP contribution in [-0.4, -0.2) is 287 Å². The first-order valence-corrected chi connectivity index (χ1v) is 35.9. The molecule has 0 rings (SSSR count). The zero-order valence-electron chi connectivity index (χ0n) is 61.0. The van der Waals surface area contributed by atoms with Gasteiger partial charge in [0, 0.05) is 25.7 Å². The zero-order valence-corrected chi connectivity index (χ0v) is 61.0. The monoisotopic (exact) mass is 1450 g/mol. The van der Waals surface area contributed by atoms with Gasteiger partial charge in [0.2, 0.25) is 0 Å². The van der Waals surface area contributed by atoms with Gasteiger partial charge in [0.05, 0.1) is 92.5 Å². The Morgan fingerprint density at radius 3 is 0.316 bits per heavy atom. The number of hydrogen-bond donors (Lipinski definition) is 25. The zero-order chi connectivity index (χ0) is 77.5. The molecule has 0 saturated carbocycles. The molecule has 98 heavy (non-hydrogen) atoms. The molecule has 0 spiro atoms. The van der Waals surface area contributed by atoms with Gasteiger partial charge in [-0.25, -0.2) is 0 Å². The Balaban J connectivity index is -0.0000000966. The van der Waals surface area contributed by atoms with Gasteiger partial charge in [-0.15, -0.1) is 0 Å². The summed E-state index contributed by atoms with van der Waals surface area (Å²) in [5, 5.41) is 202. The Labute approximate surface area is 588 Å². The Hall–Kier alpha value is -2.96. The molecule has 0 unspecified atom stereocenters. The van der Waals surface area contributed by atoms with E-state index < -0.39 is 66.6 Å². The number of aliphatic hydroxyl groups excluding tert-OH is 21. The molecule has 0 aromatic carbocycles. The average Bonchev–Trinajstić information content (AvgIpc) is 3.75. The lowest BCUT2D eigenvalue weighted by atomic mass is 10.1. The van der Waals surface area contributed by atoms with Crippen molar-refractivity contribution >= 4 is 23.9 Å². The predicted octanol–water partition coefficient (Wildman–Crippen LogP) is 4.29. The molecule has 0 aromatic heterocycles. The number of aliphatic carboxylic acids is 4. The van der Waals surface area contributed by atoms with Crippen molar-refractivity contribution in [1.82, 2.24) is 0 Å². The van der Waals surface area contributed by atoms with Crippen molar-refractivity contribution in [2.75, 3.05) is 92.5 Å². The molecule has 0 heterocycles. The molecule has 0 radical (unpaired) electrons. The lowest BCUT2D eigenvalue weighted by Gasteiger charge is -2.00. The summed E-state index contributed by atoms with van der Waals surface area (Å²) in [6.07, 6.45) is 39.2. The van der Waals surface area contributed by atoms with Crippen LogP contribution in [-0.2, 0) is 19.2 Å². The minimum absolute atomic E-state index is 0.343. The molecule has 0 bridgehead atoms. The Morgan fingerprint density at radius 1 is 0.173 bits per heavy atom. The number of rotatable bonds is 54. The van der Waals surface area contributed by atoms with E-state index in [1.165, 1.54) is 180 Å². The van der Waals surface area contributed by atoms with Crippen molar-refractivity contribution in [3.63, 3.8) is 0 Å². The second-order valence-corrected chi connectivity index (χ2v) is 23.0. The first kappa shape index (κ1) is 119. The summed E-state index contributed by atoms with van der Waals surface area (Å²) in [5.74, 6) is -2.64. The fourth-order valence-electron chi connectivity index (χ4n) is 6.75. The van der Waals surface area contributed by atoms with Crippen molar-refractivity contribution < 1.29 is 147 Å². The second-order valence-electron chi connectivity index (χ2n) is 23.0. The number of hydrogen-bond acceptors (Lipinski definition) is 25. The van der Waals surface area contributed by atoms with Crippen LogP contribution in [0.25, 0.3) is 0 Å². The maximum Gasteiger partial charge on any atom is 0.303 e. The summed E-state index contributed by atoms with van der Waals surface area (Å²) in [6.45, 7) is 3.81. The van der Waals surface area contributed by atoms with Crippen LogP contribution in [0.3, 0.4) is 0 Å². The van der Waals surface area contributed by atoms with E-state index in [-0.39, 0.29) is 92.5 Å². The molecule has 0 fully saturated rings. The largest absolute Gasteiger partial charge is 0.481 e. The van der Waals surface area contributed by atoms with Crippen LogP contribution in [0.1, 0.15) is 285 Å². The summed E-state index contributed by atoms with van der Waals surface area (Å²) in [5.41, 5.74) is 0. The summed E-state index contributed by atoms with van der Waals surface area (Å²) in [6, 6.07) is 0. The lowest BCUT2D eigenvalue weighted by molar-refractivity contribution is -0.138. The minimum atomic E-state index is -0.954. The number of carboxylic acids is 4. The molecule has 0 aliphatic heterocycles. The van der Waals surface area contributed by atoms with E-state index in [1.807, 2.05) is 0 Å². The highest BCUT2D eigenvalue weighted by Gasteiger charge is 2.02. The molecule has 29 nitrogen and oxygen atoms in total. The first-order chi connectivity index (χ1) is 46.7. The molecule has 0 atom stereocenters. The third-order valence-electron chi connectivity index (χ3n) is 12.9. The van der Waals surface area contributed by atoms with Crippen molar-refractivity contribution in [2.45, 2.75) is 327 Å². The number of carboxylic acid groups (broad SMARTS) is 4. The van der Waals surface area contributed by atoms with Crippen molar-refractivity contribution in [3.05, 3.63) is 0 Å². The van der Waals surface area contributed by atoms with Crippen molar-refractivity contribution in [1.29, 1.82) is 0 Å². The van der Waals surface area contributed by atoms with Gasteiger partial charge in [-0.2, -0.15) is 0 Å². The Bertz CT molecular complexity index is 1130. The third-order valence-corrected chi connectivity index (χ3v) is 12.9. The highest BCUT2D eigenvalue weighted by molar-refractivity contribution is 5.67. The van der Waals surface area contributed by atoms with E-state index in [1.54, 1.807) is 0 Å². The van der Waals surface area contributed by atoms with Gasteiger partial charge in [-0.3, -0.25) is 19.2 Å². The van der Waals surface area contributed by atoms with Gasteiger partial charge in [0.15, 0.2) is 0 Å². The predicted molar refractivity (Wildman–Crippen MR) is 379 cm³/mol. The molecular weight excluding hydrogens is 1290 g/mol. The fraction of sp³-hybridized carbons (Fsp3) is 0.942. The van der Waals surface area contributed by atoms with E-state index in [0.29, 0.717) is 25.7 Å². The molecule has 0 amide bonds. The van der Waals surface area contributed by atoms with Crippen LogP contribution in [0.4, 0.5) is 0 Å². The van der Waals surface area contributed by atoms with Crippen LogP contribution in [0, 0.1) is 0 Å². The van der Waals surface area contributed by atoms with Crippen LogP contribution in [0.2, 0.25) is 0 Å². The normalized spacial score (nSPS) is 10.2. The van der Waals surface area contributed by atoms with Crippen LogP contribution in [0.15, 0.2) is 0 Å². The number of unbranched alkanes of at least 4 members (excludes halogenated alkanes) is 32. The fourth-order valence-corrected chi connectivity index (χ4v) is 6.75. The minimum Gasteiger partial charge on any atom is -0.481 e. The van der Waals surface area contributed by atoms with Gasteiger partial charge in [-0.1, -0.05) is 233 Å². The summed E-state index contributed by atoms with van der Waals surface area (Å²) >= 11 is 0. The van der Waals surface area contributed by atoms with Crippen LogP contribution >= 0.6 is 0 Å². The van der Waals surface area contributed by atoms with Crippen molar-refractivity contribution in [3.8, 4) is 0 Å². The molecule has 0 aliphatic carbocycles. The molecule has 25 N–H and O–H groups in total. The standard InChI is InChI=1S/4C12H24O2.7C3H8O3/c4*1-2-3-4-5-6-7-8-9-10-11-12(13)14;7*4-1-3(6)2-5/h4*2-11H2,1H3,(H,13,14);7*3-6H,1-2H2. The van der Waals surface area contributed by atoms with Gasteiger partial charge in [0.25, 0.3) is 0 Å². The van der Waals surface area contributed by atoms with E-state index in [0.717, 1.165) is 51.4 Å². The second kappa shape index (κ2) is 115. The molecule has 0 saturated heterocycles. The average molecular weight is 1450 g/mol. The molecule has 0 aliphatic rings. The maximum absolute atomic E-state index is 10.2. The highest BCUT2D eigenvalue weighted by atomic mass is 16.4. The number of carbonyl (C=O) groups is 4. The third kappa shape index (κ3) is 165. The van der Waals surface area contributed by atoms with E-state index in [9.17, 15) is 19.2 Å². The van der Waals surface area contributed by atoms with Gasteiger partial charge >= 0.3 is 23.9 Å². The van der Waals surface area contributed by atoms with Gasteiger partial charge in [0.1, 0.15) is 42.7 Å². The Kier molecular flexibility index (Phi) is 140. The highest BCUT2D eigenvalue weighted by Crippen LogP contribution is 2.13. The Morgan fingerprint density at radius 2 is 0.255 bits per heavy atom. The lowest BCUT2D eigenvalue weighted by Crippen LogP contribution is -2.15. The number of aliphatic hydroxyl groups is 21. The van der Waals surface area contributed by atoms with E-state index in [4.69, 9.17) is 128 Å². The SMILES string of the molecule is CCCCCCCCCCCC(=O)O.CCCCCCCCCCCC(=O)O.CCCCCCCCCCCC(=O)O.CCCCCCCCCCCC(=O)O.OCC(O)CO.OCC(O)CO.OCC(O)CO.OCC(O)CO.OCC(O)CO.OCC(O)CO.OCC(O)CO. The topological polar surface area (TPSA) is 574 Å². The summed E-state index contributed by atoms with van der Waals surface area (Å²) < 4.78 is 0. The smallest absolute Gasteiger partial charge is 0.303 e. The molecular formula is C69H152O29. The van der Waals surface area contributed by atoms with Gasteiger partial charge in [-0.05, 0) is 25.7 Å². The molecule has 29 heteroatoms. The first-order valence-electron chi connectivity index (χ1n) is 35.9. The summed E-state index contributed by atoms with van der Waals surface area (Å²) in [7, 11) is 0. The van der Waals surface area contributed by atoms with Crippen molar-refractivity contribution in [2.24, 2.45) is 0 Å². The molecule has 0 aromatic rings.